The summed E-state index contributed by atoms with van der Waals surface area (Å²) in [6.07, 6.45) is 4.26. The SMILES string of the molecule is CC(C)(COC(=O)COc1ccc(Cl)cc1)NC(=O)c1cnccn1. The van der Waals surface area contributed by atoms with Crippen LogP contribution in [-0.4, -0.2) is 40.6 Å². The summed E-state index contributed by atoms with van der Waals surface area (Å²) in [6.45, 7) is 3.21. The van der Waals surface area contributed by atoms with Gasteiger partial charge in [-0.15, -0.1) is 0 Å². The fourth-order valence-corrected chi connectivity index (χ4v) is 1.93. The van der Waals surface area contributed by atoms with Crippen molar-refractivity contribution in [1.29, 1.82) is 0 Å². The highest BCUT2D eigenvalue weighted by Gasteiger charge is 2.24. The first-order valence-electron chi connectivity index (χ1n) is 7.48. The van der Waals surface area contributed by atoms with E-state index in [-0.39, 0.29) is 18.9 Å². The fraction of sp³-hybridized carbons (Fsp3) is 0.294. The van der Waals surface area contributed by atoms with Crippen LogP contribution in [0, 0.1) is 0 Å². The summed E-state index contributed by atoms with van der Waals surface area (Å²) in [5.74, 6) is -0.431. The average molecular weight is 364 g/mol. The number of esters is 1. The molecule has 2 rings (SSSR count). The zero-order valence-corrected chi connectivity index (χ0v) is 14.6. The van der Waals surface area contributed by atoms with E-state index >= 15 is 0 Å². The minimum absolute atomic E-state index is 0.0121. The number of carbonyl (C=O) groups excluding carboxylic acids is 2. The fourth-order valence-electron chi connectivity index (χ4n) is 1.80. The van der Waals surface area contributed by atoms with Gasteiger partial charge < -0.3 is 14.8 Å². The molecule has 0 aliphatic rings. The number of carbonyl (C=O) groups is 2. The summed E-state index contributed by atoms with van der Waals surface area (Å²) in [7, 11) is 0. The van der Waals surface area contributed by atoms with Gasteiger partial charge >= 0.3 is 5.97 Å². The Balaban J connectivity index is 1.77. The van der Waals surface area contributed by atoms with E-state index in [1.165, 1.54) is 18.6 Å². The van der Waals surface area contributed by atoms with E-state index in [4.69, 9.17) is 21.1 Å². The van der Waals surface area contributed by atoms with E-state index in [1.54, 1.807) is 38.1 Å². The predicted molar refractivity (Wildman–Crippen MR) is 91.5 cm³/mol. The van der Waals surface area contributed by atoms with Crippen LogP contribution in [-0.2, 0) is 9.53 Å². The molecule has 0 aliphatic heterocycles. The molecule has 0 aliphatic carbocycles. The molecule has 0 saturated heterocycles. The molecule has 0 fully saturated rings. The number of halogens is 1. The van der Waals surface area contributed by atoms with E-state index in [9.17, 15) is 9.59 Å². The van der Waals surface area contributed by atoms with Gasteiger partial charge in [-0.05, 0) is 38.1 Å². The van der Waals surface area contributed by atoms with Crippen LogP contribution in [0.3, 0.4) is 0 Å². The summed E-state index contributed by atoms with van der Waals surface area (Å²) in [5, 5.41) is 3.31. The molecule has 1 N–H and O–H groups in total. The summed E-state index contributed by atoms with van der Waals surface area (Å²) < 4.78 is 10.4. The minimum atomic E-state index is -0.773. The minimum Gasteiger partial charge on any atom is -0.482 e. The molecule has 132 valence electrons. The average Bonchev–Trinajstić information content (AvgIpc) is 2.60. The smallest absolute Gasteiger partial charge is 0.344 e. The zero-order chi connectivity index (χ0) is 18.3. The lowest BCUT2D eigenvalue weighted by Crippen LogP contribution is -2.47. The van der Waals surface area contributed by atoms with Gasteiger partial charge in [-0.3, -0.25) is 9.78 Å². The van der Waals surface area contributed by atoms with Gasteiger partial charge in [-0.1, -0.05) is 11.6 Å². The van der Waals surface area contributed by atoms with Crippen molar-refractivity contribution in [2.24, 2.45) is 0 Å². The number of nitrogens with zero attached hydrogens (tertiary/aromatic N) is 2. The maximum absolute atomic E-state index is 12.1. The van der Waals surface area contributed by atoms with Crippen molar-refractivity contribution in [1.82, 2.24) is 15.3 Å². The highest BCUT2D eigenvalue weighted by Crippen LogP contribution is 2.15. The van der Waals surface area contributed by atoms with Gasteiger partial charge in [0.15, 0.2) is 6.61 Å². The van der Waals surface area contributed by atoms with Crippen LogP contribution in [0.5, 0.6) is 5.75 Å². The Kier molecular flexibility index (Phi) is 6.30. The molecule has 0 saturated carbocycles. The lowest BCUT2D eigenvalue weighted by Gasteiger charge is -2.25. The predicted octanol–water partition coefficient (Wildman–Crippen LogP) is 2.26. The number of aromatic nitrogens is 2. The van der Waals surface area contributed by atoms with E-state index in [0.717, 1.165) is 0 Å². The molecule has 0 radical (unpaired) electrons. The molecule has 0 spiro atoms. The molecule has 1 heterocycles. The van der Waals surface area contributed by atoms with Crippen LogP contribution in [0.15, 0.2) is 42.9 Å². The summed E-state index contributed by atoms with van der Waals surface area (Å²) in [6, 6.07) is 6.63. The Bertz CT molecular complexity index is 720. The lowest BCUT2D eigenvalue weighted by atomic mass is 10.1. The van der Waals surface area contributed by atoms with Crippen molar-refractivity contribution in [3.63, 3.8) is 0 Å². The Labute approximate surface area is 150 Å². The third-order valence-corrected chi connectivity index (χ3v) is 3.26. The van der Waals surface area contributed by atoms with Crippen molar-refractivity contribution >= 4 is 23.5 Å². The third-order valence-electron chi connectivity index (χ3n) is 3.01. The number of rotatable bonds is 7. The van der Waals surface area contributed by atoms with Crippen molar-refractivity contribution in [3.05, 3.63) is 53.6 Å². The van der Waals surface area contributed by atoms with Crippen molar-refractivity contribution < 1.29 is 19.1 Å². The Morgan fingerprint density at radius 2 is 1.92 bits per heavy atom. The normalized spacial score (nSPS) is 10.8. The van der Waals surface area contributed by atoms with E-state index < -0.39 is 17.4 Å². The van der Waals surface area contributed by atoms with Crippen LogP contribution in [0.25, 0.3) is 0 Å². The first-order valence-corrected chi connectivity index (χ1v) is 7.86. The van der Waals surface area contributed by atoms with Gasteiger partial charge in [-0.25, -0.2) is 9.78 Å². The van der Waals surface area contributed by atoms with Gasteiger partial charge in [0.2, 0.25) is 0 Å². The largest absolute Gasteiger partial charge is 0.482 e. The molecule has 1 aromatic carbocycles. The van der Waals surface area contributed by atoms with E-state index in [1.807, 2.05) is 0 Å². The molecule has 8 heteroatoms. The topological polar surface area (TPSA) is 90.4 Å². The van der Waals surface area contributed by atoms with Gasteiger partial charge in [0.1, 0.15) is 18.1 Å². The van der Waals surface area contributed by atoms with Crippen molar-refractivity contribution in [2.75, 3.05) is 13.2 Å². The molecular formula is C17H18ClN3O4. The Morgan fingerprint density at radius 3 is 2.56 bits per heavy atom. The quantitative estimate of drug-likeness (QED) is 0.759. The number of amides is 1. The number of hydrogen-bond acceptors (Lipinski definition) is 6. The molecule has 1 amide bonds. The number of nitrogens with one attached hydrogen (secondary N) is 1. The molecule has 0 unspecified atom stereocenters. The molecule has 0 bridgehead atoms. The maximum Gasteiger partial charge on any atom is 0.344 e. The van der Waals surface area contributed by atoms with E-state index in [0.29, 0.717) is 10.8 Å². The van der Waals surface area contributed by atoms with Gasteiger partial charge in [0.25, 0.3) is 5.91 Å². The summed E-state index contributed by atoms with van der Waals surface area (Å²) >= 11 is 5.77. The third kappa shape index (κ3) is 6.39. The summed E-state index contributed by atoms with van der Waals surface area (Å²) in [4.78, 5) is 31.6. The number of ether oxygens (including phenoxy) is 2. The van der Waals surface area contributed by atoms with Crippen molar-refractivity contribution in [3.8, 4) is 5.75 Å². The second-order valence-corrected chi connectivity index (χ2v) is 6.27. The second kappa shape index (κ2) is 8.43. The number of benzene rings is 1. The van der Waals surface area contributed by atoms with Gasteiger partial charge in [-0.2, -0.15) is 0 Å². The summed E-state index contributed by atoms with van der Waals surface area (Å²) in [5.41, 5.74) is -0.585. The molecule has 1 aromatic heterocycles. The van der Waals surface area contributed by atoms with Crippen LogP contribution < -0.4 is 10.1 Å². The molecule has 25 heavy (non-hydrogen) atoms. The Morgan fingerprint density at radius 1 is 1.20 bits per heavy atom. The van der Waals surface area contributed by atoms with Crippen LogP contribution in [0.1, 0.15) is 24.3 Å². The monoisotopic (exact) mass is 363 g/mol. The van der Waals surface area contributed by atoms with Gasteiger partial charge in [0, 0.05) is 17.4 Å². The zero-order valence-electron chi connectivity index (χ0n) is 13.9. The molecular weight excluding hydrogens is 346 g/mol. The van der Waals surface area contributed by atoms with Crippen LogP contribution in [0.2, 0.25) is 5.02 Å². The lowest BCUT2D eigenvalue weighted by molar-refractivity contribution is -0.147. The van der Waals surface area contributed by atoms with E-state index in [2.05, 4.69) is 15.3 Å². The standard InChI is InChI=1S/C17H18ClN3O4/c1-17(2,21-16(23)14-9-19-7-8-20-14)11-25-15(22)10-24-13-5-3-12(18)4-6-13/h3-9H,10-11H2,1-2H3,(H,21,23). The van der Waals surface area contributed by atoms with Crippen molar-refractivity contribution in [2.45, 2.75) is 19.4 Å². The van der Waals surface area contributed by atoms with Crippen LogP contribution in [0.4, 0.5) is 0 Å². The second-order valence-electron chi connectivity index (χ2n) is 5.83. The van der Waals surface area contributed by atoms with Gasteiger partial charge in [0.05, 0.1) is 11.7 Å². The Hall–Kier alpha value is -2.67. The first kappa shape index (κ1) is 18.7. The molecule has 7 nitrogen and oxygen atoms in total. The highest BCUT2D eigenvalue weighted by atomic mass is 35.5. The van der Waals surface area contributed by atoms with Crippen LogP contribution >= 0.6 is 11.6 Å². The molecule has 2 aromatic rings. The first-order chi connectivity index (χ1) is 11.9. The highest BCUT2D eigenvalue weighted by molar-refractivity contribution is 6.30. The number of hydrogen-bond donors (Lipinski definition) is 1. The molecule has 0 atom stereocenters. The maximum atomic E-state index is 12.1.